The molecule has 0 saturated carbocycles. The maximum absolute atomic E-state index is 13.2. The molecule has 4 atom stereocenters. The molecule has 3 heterocycles. The largest absolute Gasteiger partial charge is 0.392 e. The van der Waals surface area contributed by atoms with Crippen LogP contribution in [0.4, 0.5) is 5.69 Å². The van der Waals surface area contributed by atoms with Gasteiger partial charge >= 0.3 is 5.69 Å². The molecule has 10 nitrogen and oxygen atoms in total. The van der Waals surface area contributed by atoms with Crippen molar-refractivity contribution in [2.24, 2.45) is 0 Å². The third-order valence-electron chi connectivity index (χ3n) is 10.4. The Morgan fingerprint density at radius 1 is 0.755 bits per heavy atom. The van der Waals surface area contributed by atoms with Gasteiger partial charge in [-0.2, -0.15) is 0 Å². The van der Waals surface area contributed by atoms with E-state index in [9.17, 15) is 18.3 Å². The van der Waals surface area contributed by atoms with Gasteiger partial charge in [0.15, 0.2) is 6.29 Å². The van der Waals surface area contributed by atoms with Crippen molar-refractivity contribution in [3.63, 3.8) is 0 Å². The number of likely N-dealkylation sites (tertiary alicyclic amines) is 1. The number of fused-ring (bicyclic) bond motifs is 1. The molecule has 0 aliphatic carbocycles. The molecule has 53 heavy (non-hydrogen) atoms. The van der Waals surface area contributed by atoms with Gasteiger partial charge in [-0.05, 0) is 65.9 Å². The third-order valence-corrected chi connectivity index (χ3v) is 11.8. The molecule has 0 bridgehead atoms. The van der Waals surface area contributed by atoms with Gasteiger partial charge in [-0.25, -0.2) is 13.2 Å². The van der Waals surface area contributed by atoms with Crippen LogP contribution < -0.4 is 10.4 Å². The minimum atomic E-state index is -3.81. The van der Waals surface area contributed by atoms with Crippen LogP contribution in [0.3, 0.4) is 0 Å². The van der Waals surface area contributed by atoms with Gasteiger partial charge in [0.25, 0.3) is 10.0 Å². The van der Waals surface area contributed by atoms with Gasteiger partial charge < -0.3 is 24.5 Å². The van der Waals surface area contributed by atoms with E-state index in [-0.39, 0.29) is 35.3 Å². The lowest BCUT2D eigenvalue weighted by atomic mass is 9.83. The van der Waals surface area contributed by atoms with E-state index in [4.69, 9.17) is 9.47 Å². The van der Waals surface area contributed by atoms with Gasteiger partial charge in [0, 0.05) is 42.8 Å². The number of aliphatic hydroxyl groups is 1. The van der Waals surface area contributed by atoms with Gasteiger partial charge in [0.2, 0.25) is 0 Å². The van der Waals surface area contributed by atoms with Crippen molar-refractivity contribution >= 4 is 26.7 Å². The molecule has 0 radical (unpaired) electrons. The fourth-order valence-corrected chi connectivity index (χ4v) is 8.85. The van der Waals surface area contributed by atoms with Crippen molar-refractivity contribution in [2.45, 2.75) is 54.8 Å². The van der Waals surface area contributed by atoms with Gasteiger partial charge in [-0.1, -0.05) is 97.1 Å². The monoisotopic (exact) mass is 730 g/mol. The van der Waals surface area contributed by atoms with Crippen molar-refractivity contribution in [1.82, 2.24) is 14.5 Å². The first kappa shape index (κ1) is 35.0. The summed E-state index contributed by atoms with van der Waals surface area (Å²) in [6, 6.07) is 41.4. The van der Waals surface area contributed by atoms with E-state index < -0.39 is 22.4 Å². The molecule has 11 heteroatoms. The first-order chi connectivity index (χ1) is 25.9. The number of imidazole rings is 1. The highest BCUT2D eigenvalue weighted by Crippen LogP contribution is 2.47. The molecule has 2 saturated heterocycles. The maximum atomic E-state index is 13.2. The molecular formula is C42H42N4O6S. The van der Waals surface area contributed by atoms with Crippen LogP contribution in [0.5, 0.6) is 0 Å². The summed E-state index contributed by atoms with van der Waals surface area (Å²) in [6.07, 6.45) is 0.114. The molecule has 3 N–H and O–H groups in total. The number of sulfonamides is 1. The summed E-state index contributed by atoms with van der Waals surface area (Å²) < 4.78 is 44.9. The second-order valence-electron chi connectivity index (χ2n) is 13.8. The number of aromatic amines is 1. The van der Waals surface area contributed by atoms with E-state index in [1.54, 1.807) is 48.5 Å². The molecule has 272 valence electrons. The van der Waals surface area contributed by atoms with Crippen LogP contribution in [0.2, 0.25) is 0 Å². The van der Waals surface area contributed by atoms with Gasteiger partial charge in [-0.15, -0.1) is 0 Å². The Morgan fingerprint density at radius 2 is 1.43 bits per heavy atom. The number of hydrogen-bond donors (Lipinski definition) is 3. The standard InChI is InChI=1S/C42H42N4O6S/c47-28-29-18-20-31(21-19-29)40-39(30-10-3-1-4-11-30)38(27-45-24-22-34(23-25-45)46-37-17-8-7-16-36(37)43-42(46)48)51-41(52-40)32-12-9-13-33(26-32)44-53(49,50)35-14-5-2-6-15-35/h1-21,26,34,38-41,44,47H,22-25,27-28H2,(H,43,48)/t38-,39-,40+,41?/m1/s1. The Labute approximate surface area is 308 Å². The molecule has 8 rings (SSSR count). The smallest absolute Gasteiger partial charge is 0.326 e. The molecule has 6 aromatic rings. The van der Waals surface area contributed by atoms with Crippen molar-refractivity contribution in [2.75, 3.05) is 24.4 Å². The number of benzene rings is 5. The average molecular weight is 731 g/mol. The Kier molecular flexibility index (Phi) is 10.00. The number of H-pyrrole nitrogens is 1. The second-order valence-corrected chi connectivity index (χ2v) is 15.5. The van der Waals surface area contributed by atoms with E-state index in [2.05, 4.69) is 26.7 Å². The van der Waals surface area contributed by atoms with Gasteiger partial charge in [0.1, 0.15) is 0 Å². The minimum Gasteiger partial charge on any atom is -0.392 e. The van der Waals surface area contributed by atoms with Crippen LogP contribution in [0.1, 0.15) is 59.4 Å². The molecule has 2 fully saturated rings. The Morgan fingerprint density at radius 3 is 2.17 bits per heavy atom. The van der Waals surface area contributed by atoms with Crippen LogP contribution in [-0.2, 0) is 26.1 Å². The number of nitrogens with zero attached hydrogens (tertiary/aromatic N) is 2. The number of piperidine rings is 1. The highest BCUT2D eigenvalue weighted by molar-refractivity contribution is 7.92. The summed E-state index contributed by atoms with van der Waals surface area (Å²) >= 11 is 0. The number of hydrogen-bond acceptors (Lipinski definition) is 7. The fourth-order valence-electron chi connectivity index (χ4n) is 7.78. The summed E-state index contributed by atoms with van der Waals surface area (Å²) in [4.78, 5) is 18.6. The predicted molar refractivity (Wildman–Crippen MR) is 204 cm³/mol. The lowest BCUT2D eigenvalue weighted by Gasteiger charge is -2.45. The first-order valence-corrected chi connectivity index (χ1v) is 19.5. The molecule has 1 unspecified atom stereocenters. The van der Waals surface area contributed by atoms with Crippen LogP contribution in [-0.4, -0.2) is 53.7 Å². The molecule has 5 aromatic carbocycles. The van der Waals surface area contributed by atoms with E-state index >= 15 is 0 Å². The van der Waals surface area contributed by atoms with Gasteiger partial charge in [0.05, 0.1) is 34.7 Å². The minimum absolute atomic E-state index is 0.0609. The zero-order valence-corrected chi connectivity index (χ0v) is 29.9. The summed E-state index contributed by atoms with van der Waals surface area (Å²) in [5.74, 6) is -0.179. The fraction of sp³-hybridized carbons (Fsp3) is 0.262. The SMILES string of the molecule is O=c1[nH]c2ccccc2n1C1CCN(C[C@H]2OC(c3cccc(NS(=O)(=O)c4ccccc4)c3)O[C@@H](c3ccc(CO)cc3)[C@@H]2c2ccccc2)CC1. The molecule has 2 aliphatic rings. The predicted octanol–water partition coefficient (Wildman–Crippen LogP) is 6.90. The first-order valence-electron chi connectivity index (χ1n) is 18.0. The van der Waals surface area contributed by atoms with E-state index in [1.807, 2.05) is 77.4 Å². The highest BCUT2D eigenvalue weighted by Gasteiger charge is 2.43. The molecule has 0 amide bonds. The lowest BCUT2D eigenvalue weighted by molar-refractivity contribution is -0.264. The molecule has 0 spiro atoms. The van der Waals surface area contributed by atoms with Crippen LogP contribution in [0.15, 0.2) is 143 Å². The number of rotatable bonds is 10. The van der Waals surface area contributed by atoms with E-state index in [1.165, 1.54) is 0 Å². The van der Waals surface area contributed by atoms with Crippen molar-refractivity contribution in [3.8, 4) is 0 Å². The highest BCUT2D eigenvalue weighted by atomic mass is 32.2. The second kappa shape index (κ2) is 15.1. The average Bonchev–Trinajstić information content (AvgIpc) is 3.54. The number of nitrogens with one attached hydrogen (secondary N) is 2. The quantitative estimate of drug-likeness (QED) is 0.140. The van der Waals surface area contributed by atoms with E-state index in [0.29, 0.717) is 17.8 Å². The summed E-state index contributed by atoms with van der Waals surface area (Å²) in [5, 5.41) is 9.78. The summed E-state index contributed by atoms with van der Waals surface area (Å²) in [7, 11) is -3.81. The summed E-state index contributed by atoms with van der Waals surface area (Å²) in [5.41, 5.74) is 5.63. The Bertz CT molecular complexity index is 2320. The Balaban J connectivity index is 1.10. The Hall–Kier alpha value is -5.04. The zero-order chi connectivity index (χ0) is 36.4. The van der Waals surface area contributed by atoms with Gasteiger partial charge in [-0.3, -0.25) is 9.29 Å². The normalized spacial score (nSPS) is 21.5. The maximum Gasteiger partial charge on any atom is 0.326 e. The third kappa shape index (κ3) is 7.44. The zero-order valence-electron chi connectivity index (χ0n) is 29.1. The number of aliphatic hydroxyl groups excluding tert-OH is 1. The van der Waals surface area contributed by atoms with Crippen molar-refractivity contribution in [3.05, 3.63) is 166 Å². The molecule has 1 aromatic heterocycles. The topological polar surface area (TPSA) is 126 Å². The summed E-state index contributed by atoms with van der Waals surface area (Å²) in [6.45, 7) is 2.14. The lowest BCUT2D eigenvalue weighted by Crippen LogP contribution is -2.47. The van der Waals surface area contributed by atoms with Crippen LogP contribution >= 0.6 is 0 Å². The van der Waals surface area contributed by atoms with E-state index in [0.717, 1.165) is 53.7 Å². The number of para-hydroxylation sites is 2. The number of anilines is 1. The van der Waals surface area contributed by atoms with Crippen LogP contribution in [0.25, 0.3) is 11.0 Å². The van der Waals surface area contributed by atoms with Crippen molar-refractivity contribution in [1.29, 1.82) is 0 Å². The number of ether oxygens (including phenoxy) is 2. The molecule has 2 aliphatic heterocycles. The molecular weight excluding hydrogens is 689 g/mol. The van der Waals surface area contributed by atoms with Crippen molar-refractivity contribution < 1.29 is 23.0 Å². The van der Waals surface area contributed by atoms with Crippen LogP contribution in [0, 0.1) is 0 Å². The number of aromatic nitrogens is 2.